The molecule has 96 valence electrons. The Balaban J connectivity index is 0.00000120. The van der Waals surface area contributed by atoms with Gasteiger partial charge in [0, 0.05) is 31.0 Å². The van der Waals surface area contributed by atoms with Crippen LogP contribution in [0.5, 0.6) is 0 Å². The lowest BCUT2D eigenvalue weighted by Gasteiger charge is -2.19. The lowest BCUT2D eigenvalue weighted by molar-refractivity contribution is 0.00755. The van der Waals surface area contributed by atoms with Crippen molar-refractivity contribution in [2.75, 3.05) is 19.7 Å². The Hall–Kier alpha value is -1.50. The number of pyridine rings is 1. The maximum atomic E-state index is 5.54. The van der Waals surface area contributed by atoms with Gasteiger partial charge in [-0.2, -0.15) is 4.98 Å². The third-order valence-electron chi connectivity index (χ3n) is 2.56. The zero-order chi connectivity index (χ0) is 11.5. The second-order valence-corrected chi connectivity index (χ2v) is 3.76. The number of aromatic nitrogens is 3. The van der Waals surface area contributed by atoms with Gasteiger partial charge in [-0.3, -0.25) is 4.98 Å². The molecule has 0 spiro atoms. The van der Waals surface area contributed by atoms with E-state index < -0.39 is 0 Å². The molecule has 3 heterocycles. The van der Waals surface area contributed by atoms with Gasteiger partial charge in [-0.25, -0.2) is 0 Å². The number of ether oxygens (including phenoxy) is 1. The van der Waals surface area contributed by atoms with Crippen molar-refractivity contribution in [2.24, 2.45) is 0 Å². The van der Waals surface area contributed by atoms with Crippen molar-refractivity contribution in [3.8, 4) is 11.4 Å². The predicted octanol–water partition coefficient (Wildman–Crippen LogP) is 1.21. The molecule has 18 heavy (non-hydrogen) atoms. The average Bonchev–Trinajstić information content (AvgIpc) is 2.90. The van der Waals surface area contributed by atoms with Crippen LogP contribution in [-0.4, -0.2) is 34.8 Å². The Labute approximate surface area is 110 Å². The van der Waals surface area contributed by atoms with Crippen molar-refractivity contribution in [1.29, 1.82) is 0 Å². The molecule has 1 fully saturated rings. The number of nitrogens with one attached hydrogen (secondary N) is 1. The van der Waals surface area contributed by atoms with Gasteiger partial charge in [0.05, 0.1) is 6.61 Å². The van der Waals surface area contributed by atoms with E-state index in [1.807, 2.05) is 12.1 Å². The molecule has 0 bridgehead atoms. The van der Waals surface area contributed by atoms with E-state index in [1.54, 1.807) is 12.4 Å². The quantitative estimate of drug-likeness (QED) is 0.883. The molecule has 1 aliphatic rings. The summed E-state index contributed by atoms with van der Waals surface area (Å²) in [6, 6.07) is 3.73. The minimum absolute atomic E-state index is 0. The predicted molar refractivity (Wildman–Crippen MR) is 66.3 cm³/mol. The van der Waals surface area contributed by atoms with Crippen LogP contribution in [0.15, 0.2) is 29.0 Å². The van der Waals surface area contributed by atoms with Gasteiger partial charge in [0.15, 0.2) is 0 Å². The number of halogens is 1. The number of morpholine rings is 1. The highest BCUT2D eigenvalue weighted by molar-refractivity contribution is 5.85. The minimum Gasteiger partial charge on any atom is -0.366 e. The molecule has 3 rings (SSSR count). The first-order valence-electron chi connectivity index (χ1n) is 5.50. The van der Waals surface area contributed by atoms with Crippen molar-refractivity contribution in [3.63, 3.8) is 0 Å². The number of hydrogen-bond acceptors (Lipinski definition) is 6. The molecule has 0 saturated carbocycles. The molecular formula is C11H13ClN4O2. The Morgan fingerprint density at radius 2 is 2.33 bits per heavy atom. The second kappa shape index (κ2) is 5.90. The summed E-state index contributed by atoms with van der Waals surface area (Å²) in [5.41, 5.74) is 0.839. The third-order valence-corrected chi connectivity index (χ3v) is 2.56. The van der Waals surface area contributed by atoms with E-state index >= 15 is 0 Å². The Kier molecular flexibility index (Phi) is 4.24. The van der Waals surface area contributed by atoms with Gasteiger partial charge >= 0.3 is 0 Å². The lowest BCUT2D eigenvalue weighted by atomic mass is 10.2. The van der Waals surface area contributed by atoms with Crippen molar-refractivity contribution in [2.45, 2.75) is 6.10 Å². The first-order valence-corrected chi connectivity index (χ1v) is 5.50. The van der Waals surface area contributed by atoms with Crippen molar-refractivity contribution in [3.05, 3.63) is 30.4 Å². The molecule has 1 saturated heterocycles. The van der Waals surface area contributed by atoms with Gasteiger partial charge < -0.3 is 14.6 Å². The van der Waals surface area contributed by atoms with Crippen molar-refractivity contribution >= 4 is 12.4 Å². The number of nitrogens with zero attached hydrogens (tertiary/aromatic N) is 3. The van der Waals surface area contributed by atoms with E-state index in [9.17, 15) is 0 Å². The summed E-state index contributed by atoms with van der Waals surface area (Å²) in [6.45, 7) is 2.23. The molecule has 0 aliphatic carbocycles. The monoisotopic (exact) mass is 268 g/mol. The van der Waals surface area contributed by atoms with Crippen LogP contribution in [0.2, 0.25) is 0 Å². The molecule has 0 aromatic carbocycles. The largest absolute Gasteiger partial charge is 0.366 e. The highest BCUT2D eigenvalue weighted by atomic mass is 35.5. The van der Waals surface area contributed by atoms with Crippen LogP contribution in [0.4, 0.5) is 0 Å². The molecular weight excluding hydrogens is 256 g/mol. The Morgan fingerprint density at radius 1 is 1.39 bits per heavy atom. The minimum atomic E-state index is -0.151. The highest BCUT2D eigenvalue weighted by Crippen LogP contribution is 2.20. The highest BCUT2D eigenvalue weighted by Gasteiger charge is 2.22. The molecule has 2 aromatic rings. The summed E-state index contributed by atoms with van der Waals surface area (Å²) in [6.07, 6.45) is 3.26. The molecule has 6 nitrogen and oxygen atoms in total. The first kappa shape index (κ1) is 12.9. The molecule has 2 aromatic heterocycles. The summed E-state index contributed by atoms with van der Waals surface area (Å²) in [4.78, 5) is 8.34. The van der Waals surface area contributed by atoms with Crippen LogP contribution < -0.4 is 5.32 Å². The first-order chi connectivity index (χ1) is 8.43. The molecule has 0 unspecified atom stereocenters. The second-order valence-electron chi connectivity index (χ2n) is 3.76. The fourth-order valence-electron chi connectivity index (χ4n) is 1.70. The summed E-state index contributed by atoms with van der Waals surface area (Å²) in [5.74, 6) is 1.05. The van der Waals surface area contributed by atoms with Crippen LogP contribution in [0.3, 0.4) is 0 Å². The van der Waals surface area contributed by atoms with Gasteiger partial charge in [-0.05, 0) is 12.1 Å². The van der Waals surface area contributed by atoms with Crippen LogP contribution in [-0.2, 0) is 4.74 Å². The van der Waals surface area contributed by atoms with Gasteiger partial charge in [-0.15, -0.1) is 12.4 Å². The summed E-state index contributed by atoms with van der Waals surface area (Å²) in [7, 11) is 0. The standard InChI is InChI=1S/C11H12N4O2.ClH/c1-2-8(6-12-3-1)10-14-11(17-15-10)9-7-13-4-5-16-9;/h1-3,6,9,13H,4-5,7H2;1H/t9-;/m1./s1. The van der Waals surface area contributed by atoms with Crippen LogP contribution in [0.1, 0.15) is 12.0 Å². The summed E-state index contributed by atoms with van der Waals surface area (Å²) < 4.78 is 10.7. The maximum Gasteiger partial charge on any atom is 0.257 e. The Bertz CT molecular complexity index is 485. The lowest BCUT2D eigenvalue weighted by Crippen LogP contribution is -2.33. The Morgan fingerprint density at radius 3 is 3.06 bits per heavy atom. The summed E-state index contributed by atoms with van der Waals surface area (Å²) >= 11 is 0. The molecule has 0 radical (unpaired) electrons. The summed E-state index contributed by atoms with van der Waals surface area (Å²) in [5, 5.41) is 7.14. The number of rotatable bonds is 2. The molecule has 7 heteroatoms. The third kappa shape index (κ3) is 2.66. The van der Waals surface area contributed by atoms with Gasteiger partial charge in [-0.1, -0.05) is 5.16 Å². The zero-order valence-corrected chi connectivity index (χ0v) is 10.4. The normalized spacial score (nSPS) is 19.2. The molecule has 0 amide bonds. The average molecular weight is 269 g/mol. The van der Waals surface area contributed by atoms with Crippen molar-refractivity contribution in [1.82, 2.24) is 20.4 Å². The van der Waals surface area contributed by atoms with E-state index in [1.165, 1.54) is 0 Å². The van der Waals surface area contributed by atoms with E-state index in [0.717, 1.165) is 12.1 Å². The van der Waals surface area contributed by atoms with Crippen molar-refractivity contribution < 1.29 is 9.26 Å². The smallest absolute Gasteiger partial charge is 0.257 e. The topological polar surface area (TPSA) is 73.1 Å². The van der Waals surface area contributed by atoms with E-state index in [2.05, 4.69) is 20.4 Å². The van der Waals surface area contributed by atoms with Crippen LogP contribution in [0, 0.1) is 0 Å². The fourth-order valence-corrected chi connectivity index (χ4v) is 1.70. The number of hydrogen-bond donors (Lipinski definition) is 1. The molecule has 1 atom stereocenters. The SMILES string of the molecule is Cl.c1cncc(-c2noc([C@H]3CNCCO3)n2)c1. The van der Waals surface area contributed by atoms with Gasteiger partial charge in [0.2, 0.25) is 5.82 Å². The van der Waals surface area contributed by atoms with Gasteiger partial charge in [0.25, 0.3) is 5.89 Å². The fraction of sp³-hybridized carbons (Fsp3) is 0.364. The van der Waals surface area contributed by atoms with Crippen LogP contribution >= 0.6 is 12.4 Å². The zero-order valence-electron chi connectivity index (χ0n) is 9.57. The van der Waals surface area contributed by atoms with E-state index in [-0.39, 0.29) is 18.5 Å². The maximum absolute atomic E-state index is 5.54. The van der Waals surface area contributed by atoms with E-state index in [4.69, 9.17) is 9.26 Å². The molecule has 1 N–H and O–H groups in total. The molecule has 1 aliphatic heterocycles. The van der Waals surface area contributed by atoms with E-state index in [0.29, 0.717) is 24.9 Å². The van der Waals surface area contributed by atoms with Crippen LogP contribution in [0.25, 0.3) is 11.4 Å². The van der Waals surface area contributed by atoms with Gasteiger partial charge in [0.1, 0.15) is 6.10 Å².